The molecule has 7 heteroatoms. The number of aryl methyl sites for hydroxylation is 2. The topological polar surface area (TPSA) is 110 Å². The minimum absolute atomic E-state index is 0.0878. The van der Waals surface area contributed by atoms with Crippen LogP contribution in [0.2, 0.25) is 0 Å². The predicted molar refractivity (Wildman–Crippen MR) is 263 cm³/mol. The Labute approximate surface area is 373 Å². The Hall–Kier alpha value is -6.18. The first-order valence-electron chi connectivity index (χ1n) is 22.6. The van der Waals surface area contributed by atoms with Gasteiger partial charge in [0, 0.05) is 29.5 Å². The van der Waals surface area contributed by atoms with Crippen molar-refractivity contribution < 1.29 is 23.8 Å². The zero-order valence-corrected chi connectivity index (χ0v) is 37.4. The van der Waals surface area contributed by atoms with Crippen molar-refractivity contribution in [3.8, 4) is 33.8 Å². The van der Waals surface area contributed by atoms with Gasteiger partial charge in [0.1, 0.15) is 22.7 Å². The number of aromatic hydroxyl groups is 1. The second-order valence-corrected chi connectivity index (χ2v) is 15.5. The van der Waals surface area contributed by atoms with Crippen LogP contribution in [0.3, 0.4) is 0 Å². The normalized spacial score (nSPS) is 11.0. The molecule has 6 aromatic rings. The first-order chi connectivity index (χ1) is 30.8. The van der Waals surface area contributed by atoms with Crippen molar-refractivity contribution in [3.63, 3.8) is 0 Å². The molecule has 7 nitrogen and oxygen atoms in total. The quantitative estimate of drug-likeness (QED) is 0.0398. The van der Waals surface area contributed by atoms with Crippen molar-refractivity contribution in [1.29, 1.82) is 0 Å². The molecule has 0 bridgehead atoms. The first-order valence-corrected chi connectivity index (χ1v) is 22.6. The first kappa shape index (κ1) is 49.5. The number of rotatable bonds is 22. The van der Waals surface area contributed by atoms with E-state index in [9.17, 15) is 14.7 Å². The zero-order chi connectivity index (χ0) is 45.1. The summed E-state index contributed by atoms with van der Waals surface area (Å²) in [6.07, 6.45) is 27.1. The molecule has 0 saturated carbocycles. The highest BCUT2D eigenvalue weighted by molar-refractivity contribution is 5.83. The van der Waals surface area contributed by atoms with Crippen molar-refractivity contribution >= 4 is 21.9 Å². The summed E-state index contributed by atoms with van der Waals surface area (Å²) >= 11 is 0. The number of unbranched alkanes of at least 4 members (excludes halogenated alkanes) is 6. The van der Waals surface area contributed by atoms with Crippen LogP contribution in [-0.4, -0.2) is 23.4 Å². The van der Waals surface area contributed by atoms with E-state index in [-0.39, 0.29) is 17.0 Å². The number of hydrogen-bond donors (Lipinski definition) is 2. The number of hydrogen-bond acceptors (Lipinski definition) is 7. The predicted octanol–water partition coefficient (Wildman–Crippen LogP) is 14.3. The molecule has 0 unspecified atom stereocenters. The van der Waals surface area contributed by atoms with Crippen molar-refractivity contribution in [2.45, 2.75) is 104 Å². The van der Waals surface area contributed by atoms with Gasteiger partial charge in [-0.3, -0.25) is 0 Å². The minimum Gasteiger partial charge on any atom is -0.508 e. The van der Waals surface area contributed by atoms with Gasteiger partial charge in [-0.2, -0.15) is 0 Å². The van der Waals surface area contributed by atoms with Gasteiger partial charge in [-0.05, 0) is 123 Å². The van der Waals surface area contributed by atoms with Crippen LogP contribution < -0.4 is 16.0 Å². The summed E-state index contributed by atoms with van der Waals surface area (Å²) in [5.41, 5.74) is 5.71. The van der Waals surface area contributed by atoms with E-state index in [4.69, 9.17) is 18.7 Å². The van der Waals surface area contributed by atoms with Gasteiger partial charge in [-0.1, -0.05) is 125 Å². The highest BCUT2D eigenvalue weighted by Crippen LogP contribution is 2.26. The summed E-state index contributed by atoms with van der Waals surface area (Å²) in [4.78, 5) is 24.8. The van der Waals surface area contributed by atoms with Crippen LogP contribution >= 0.6 is 0 Å². The Morgan fingerprint density at radius 3 is 1.56 bits per heavy atom. The standard InChI is InChI=1S/C28H32O3.C20H20O3.C8H14O/c1-3-5-7-8-9-11-19-30-25-18-17-24-20-26(28(29)31-27(24)21-25)23-15-13-22(14-16-23)12-10-6-4-2;1-2-3-4-5-14-6-8-15(9-7-14)18-12-16-10-11-17(21)13-19(16)23-20(18)22;1-2-3-4-5-6-7-8-9/h3,7-8,13-18,20-21H,1,4-6,9-12,19H2,2H3;6-13,21H,2-5H2,1H3;2,4-5,9H,1,3,6-8H2/b8-7+;;5-4+. The lowest BCUT2D eigenvalue weighted by Crippen LogP contribution is -2.03. The fourth-order valence-electron chi connectivity index (χ4n) is 6.76. The molecule has 0 aliphatic rings. The smallest absolute Gasteiger partial charge is 0.344 e. The Kier molecular flexibility index (Phi) is 22.3. The molecule has 63 heavy (non-hydrogen) atoms. The van der Waals surface area contributed by atoms with Crippen LogP contribution in [0.15, 0.2) is 165 Å². The highest BCUT2D eigenvalue weighted by atomic mass is 16.5. The van der Waals surface area contributed by atoms with Crippen molar-refractivity contribution in [2.75, 3.05) is 13.2 Å². The van der Waals surface area contributed by atoms with Gasteiger partial charge in [0.05, 0.1) is 17.7 Å². The number of fused-ring (bicyclic) bond motifs is 2. The lowest BCUT2D eigenvalue weighted by Gasteiger charge is -2.08. The molecule has 0 saturated heterocycles. The number of phenolic OH excluding ortho intramolecular Hbond substituents is 1. The van der Waals surface area contributed by atoms with E-state index in [2.05, 4.69) is 75.6 Å². The third kappa shape index (κ3) is 17.2. The van der Waals surface area contributed by atoms with E-state index >= 15 is 0 Å². The molecule has 0 atom stereocenters. The Morgan fingerprint density at radius 1 is 0.571 bits per heavy atom. The second-order valence-electron chi connectivity index (χ2n) is 15.5. The maximum absolute atomic E-state index is 12.6. The number of allylic oxidation sites excluding steroid dienone is 6. The van der Waals surface area contributed by atoms with Crippen LogP contribution in [0.1, 0.15) is 102 Å². The molecule has 0 aliphatic heterocycles. The van der Waals surface area contributed by atoms with Gasteiger partial charge in [-0.25, -0.2) is 9.59 Å². The lowest BCUT2D eigenvalue weighted by molar-refractivity contribution is 0.289. The summed E-state index contributed by atoms with van der Waals surface area (Å²) in [5.74, 6) is 0.805. The molecule has 2 N–H and O–H groups in total. The maximum Gasteiger partial charge on any atom is 0.344 e. The minimum atomic E-state index is -0.387. The molecule has 0 fully saturated rings. The third-order valence-corrected chi connectivity index (χ3v) is 10.3. The van der Waals surface area contributed by atoms with Gasteiger partial charge < -0.3 is 23.8 Å². The number of phenols is 1. The van der Waals surface area contributed by atoms with Crippen molar-refractivity contribution in [1.82, 2.24) is 0 Å². The molecule has 2 aromatic heterocycles. The SMILES string of the molecule is C=CC/C=C/CCCO.C=CC/C=C/CCCOc1ccc2cc(-c3ccc(CCCCC)cc3)c(=O)oc2c1.CCCCCc1ccc(-c2cc3ccc(O)cc3oc2=O)cc1. The van der Waals surface area contributed by atoms with Crippen LogP contribution in [0.4, 0.5) is 0 Å². The Bertz CT molecular complexity index is 2450. The Morgan fingerprint density at radius 2 is 1.06 bits per heavy atom. The fraction of sp³-hybridized carbons (Fsp3) is 0.321. The molecule has 0 spiro atoms. The highest BCUT2D eigenvalue weighted by Gasteiger charge is 2.11. The third-order valence-electron chi connectivity index (χ3n) is 10.3. The molecular weight excluding hydrogens is 785 g/mol. The van der Waals surface area contributed by atoms with Gasteiger partial charge in [0.2, 0.25) is 0 Å². The van der Waals surface area contributed by atoms with Gasteiger partial charge in [0.25, 0.3) is 0 Å². The van der Waals surface area contributed by atoms with E-state index in [1.165, 1.54) is 55.7 Å². The summed E-state index contributed by atoms with van der Waals surface area (Å²) in [6.45, 7) is 12.6. The molecule has 332 valence electrons. The van der Waals surface area contributed by atoms with Crippen molar-refractivity contribution in [3.05, 3.63) is 179 Å². The fourth-order valence-corrected chi connectivity index (χ4v) is 6.76. The maximum atomic E-state index is 12.6. The van der Waals surface area contributed by atoms with Gasteiger partial charge >= 0.3 is 11.3 Å². The van der Waals surface area contributed by atoms with E-state index in [0.29, 0.717) is 35.5 Å². The molecular formula is C56H66O7. The monoisotopic (exact) mass is 850 g/mol. The van der Waals surface area contributed by atoms with E-state index in [1.54, 1.807) is 18.2 Å². The number of ether oxygens (including phenoxy) is 1. The van der Waals surface area contributed by atoms with Gasteiger partial charge in [0.15, 0.2) is 0 Å². The van der Waals surface area contributed by atoms with Crippen LogP contribution in [0.25, 0.3) is 44.2 Å². The molecule has 2 heterocycles. The molecule has 0 amide bonds. The zero-order valence-electron chi connectivity index (χ0n) is 37.4. The average Bonchev–Trinajstić information content (AvgIpc) is 3.29. The van der Waals surface area contributed by atoms with Crippen LogP contribution in [0, 0.1) is 0 Å². The Balaban J connectivity index is 0.000000238. The average molecular weight is 851 g/mol. The second kappa shape index (κ2) is 28.4. The molecule has 0 radical (unpaired) electrons. The van der Waals surface area contributed by atoms with Crippen LogP contribution in [-0.2, 0) is 12.8 Å². The van der Waals surface area contributed by atoms with Crippen LogP contribution in [0.5, 0.6) is 11.5 Å². The summed E-state index contributed by atoms with van der Waals surface area (Å²) in [7, 11) is 0. The van der Waals surface area contributed by atoms with Gasteiger partial charge in [-0.15, -0.1) is 13.2 Å². The van der Waals surface area contributed by atoms with E-state index in [0.717, 1.165) is 79.0 Å². The number of benzene rings is 4. The largest absolute Gasteiger partial charge is 0.508 e. The summed E-state index contributed by atoms with van der Waals surface area (Å²) in [5, 5.41) is 19.5. The summed E-state index contributed by atoms with van der Waals surface area (Å²) in [6, 6.07) is 30.5. The molecule has 4 aromatic carbocycles. The number of aliphatic hydroxyl groups is 1. The van der Waals surface area contributed by atoms with Crippen molar-refractivity contribution in [2.24, 2.45) is 0 Å². The summed E-state index contributed by atoms with van der Waals surface area (Å²) < 4.78 is 16.7. The molecule has 6 rings (SSSR count). The lowest BCUT2D eigenvalue weighted by atomic mass is 10.0. The molecule has 0 aliphatic carbocycles. The van der Waals surface area contributed by atoms with E-state index in [1.807, 2.05) is 60.7 Å². The number of aliphatic hydroxyl groups excluding tert-OH is 1. The van der Waals surface area contributed by atoms with E-state index < -0.39 is 0 Å².